The molecular weight excluding hydrogens is 316 g/mol. The summed E-state index contributed by atoms with van der Waals surface area (Å²) in [4.78, 5) is 33.7. The fourth-order valence-corrected chi connectivity index (χ4v) is 3.52. The summed E-state index contributed by atoms with van der Waals surface area (Å²) in [5.41, 5.74) is 8.22. The normalized spacial score (nSPS) is 17.4. The number of carbonyl (C=O) groups is 1. The molecule has 0 fully saturated rings. The van der Waals surface area contributed by atoms with Crippen LogP contribution in [0.5, 0.6) is 0 Å². The highest BCUT2D eigenvalue weighted by molar-refractivity contribution is 5.82. The van der Waals surface area contributed by atoms with Gasteiger partial charge in [-0.1, -0.05) is 36.4 Å². The van der Waals surface area contributed by atoms with E-state index in [0.29, 0.717) is 29.8 Å². The monoisotopic (exact) mass is 334 g/mol. The highest BCUT2D eigenvalue weighted by atomic mass is 16.1. The van der Waals surface area contributed by atoms with Gasteiger partial charge in [-0.05, 0) is 29.7 Å². The van der Waals surface area contributed by atoms with Crippen molar-refractivity contribution in [1.29, 1.82) is 0 Å². The number of aromatic nitrogens is 2. The first-order valence-electron chi connectivity index (χ1n) is 8.22. The quantitative estimate of drug-likeness (QED) is 0.759. The average molecular weight is 334 g/mol. The first-order valence-corrected chi connectivity index (χ1v) is 8.22. The number of H-pyrrole nitrogens is 1. The molecule has 3 aromatic rings. The number of nitrogens with zero attached hydrogens (tertiary/aromatic N) is 2. The SMILES string of the molecule is NC(=O)[C@@H]1c2ccccc2CCN1Cc1nc2ccccc2c(=O)[nH]1. The molecule has 0 radical (unpaired) electrons. The van der Waals surface area contributed by atoms with Gasteiger partial charge in [-0.15, -0.1) is 0 Å². The van der Waals surface area contributed by atoms with Crippen LogP contribution in [0.2, 0.25) is 0 Å². The summed E-state index contributed by atoms with van der Waals surface area (Å²) < 4.78 is 0. The summed E-state index contributed by atoms with van der Waals surface area (Å²) in [7, 11) is 0. The summed E-state index contributed by atoms with van der Waals surface area (Å²) >= 11 is 0. The number of rotatable bonds is 3. The lowest BCUT2D eigenvalue weighted by molar-refractivity contribution is -0.124. The van der Waals surface area contributed by atoms with Gasteiger partial charge in [-0.2, -0.15) is 0 Å². The van der Waals surface area contributed by atoms with Gasteiger partial charge in [0.2, 0.25) is 5.91 Å². The Balaban J connectivity index is 1.71. The van der Waals surface area contributed by atoms with Gasteiger partial charge in [0, 0.05) is 6.54 Å². The van der Waals surface area contributed by atoms with Gasteiger partial charge in [-0.3, -0.25) is 14.5 Å². The third kappa shape index (κ3) is 2.81. The molecule has 4 rings (SSSR count). The smallest absolute Gasteiger partial charge is 0.258 e. The van der Waals surface area contributed by atoms with E-state index in [2.05, 4.69) is 9.97 Å². The van der Waals surface area contributed by atoms with Crippen LogP contribution in [0.15, 0.2) is 53.3 Å². The van der Waals surface area contributed by atoms with Crippen LogP contribution in [0.3, 0.4) is 0 Å². The van der Waals surface area contributed by atoms with E-state index in [1.165, 1.54) is 0 Å². The second-order valence-corrected chi connectivity index (χ2v) is 6.25. The van der Waals surface area contributed by atoms with E-state index in [1.54, 1.807) is 6.07 Å². The van der Waals surface area contributed by atoms with E-state index in [-0.39, 0.29) is 5.56 Å². The molecule has 2 heterocycles. The van der Waals surface area contributed by atoms with Crippen molar-refractivity contribution in [2.45, 2.75) is 19.0 Å². The van der Waals surface area contributed by atoms with Crippen LogP contribution in [-0.4, -0.2) is 27.3 Å². The van der Waals surface area contributed by atoms with Gasteiger partial charge in [0.1, 0.15) is 11.9 Å². The molecule has 0 bridgehead atoms. The third-order valence-electron chi connectivity index (χ3n) is 4.67. The zero-order valence-electron chi connectivity index (χ0n) is 13.6. The highest BCUT2D eigenvalue weighted by Crippen LogP contribution is 2.30. The van der Waals surface area contributed by atoms with Gasteiger partial charge >= 0.3 is 0 Å². The first-order chi connectivity index (χ1) is 12.1. The Bertz CT molecular complexity index is 1010. The summed E-state index contributed by atoms with van der Waals surface area (Å²) in [6.07, 6.45) is 0.831. The molecule has 126 valence electrons. The maximum atomic E-state index is 12.2. The predicted molar refractivity (Wildman–Crippen MR) is 94.9 cm³/mol. The highest BCUT2D eigenvalue weighted by Gasteiger charge is 2.31. The molecule has 0 unspecified atom stereocenters. The topological polar surface area (TPSA) is 92.1 Å². The Hall–Kier alpha value is -2.99. The molecule has 6 nitrogen and oxygen atoms in total. The van der Waals surface area contributed by atoms with E-state index >= 15 is 0 Å². The van der Waals surface area contributed by atoms with Crippen LogP contribution in [-0.2, 0) is 17.8 Å². The van der Waals surface area contributed by atoms with Gasteiger partial charge in [0.05, 0.1) is 17.4 Å². The van der Waals surface area contributed by atoms with Crippen LogP contribution >= 0.6 is 0 Å². The van der Waals surface area contributed by atoms with Gasteiger partial charge in [-0.25, -0.2) is 4.98 Å². The average Bonchev–Trinajstić information content (AvgIpc) is 2.61. The van der Waals surface area contributed by atoms with Crippen LogP contribution in [0.1, 0.15) is 23.0 Å². The zero-order valence-corrected chi connectivity index (χ0v) is 13.6. The molecule has 1 aliphatic rings. The Kier molecular flexibility index (Phi) is 3.82. The van der Waals surface area contributed by atoms with Crippen molar-refractivity contribution in [3.05, 3.63) is 75.8 Å². The number of benzene rings is 2. The van der Waals surface area contributed by atoms with Crippen molar-refractivity contribution in [2.24, 2.45) is 5.73 Å². The van der Waals surface area contributed by atoms with Gasteiger partial charge in [0.15, 0.2) is 0 Å². The maximum Gasteiger partial charge on any atom is 0.258 e. The second-order valence-electron chi connectivity index (χ2n) is 6.25. The largest absolute Gasteiger partial charge is 0.368 e. The van der Waals surface area contributed by atoms with Crippen molar-refractivity contribution >= 4 is 16.8 Å². The molecule has 3 N–H and O–H groups in total. The number of hydrogen-bond donors (Lipinski definition) is 2. The summed E-state index contributed by atoms with van der Waals surface area (Å²) in [5, 5.41) is 0.557. The number of aromatic amines is 1. The first kappa shape index (κ1) is 15.5. The number of para-hydroxylation sites is 1. The van der Waals surface area contributed by atoms with Crippen molar-refractivity contribution < 1.29 is 4.79 Å². The van der Waals surface area contributed by atoms with E-state index < -0.39 is 11.9 Å². The maximum absolute atomic E-state index is 12.2. The van der Waals surface area contributed by atoms with Crippen LogP contribution < -0.4 is 11.3 Å². The molecule has 1 aromatic heterocycles. The minimum Gasteiger partial charge on any atom is -0.368 e. The summed E-state index contributed by atoms with van der Waals surface area (Å²) in [6, 6.07) is 14.5. The van der Waals surface area contributed by atoms with Crippen molar-refractivity contribution in [3.63, 3.8) is 0 Å². The minimum absolute atomic E-state index is 0.173. The molecule has 6 heteroatoms. The molecule has 0 saturated carbocycles. The number of hydrogen-bond acceptors (Lipinski definition) is 4. The van der Waals surface area contributed by atoms with E-state index in [0.717, 1.165) is 17.5 Å². The molecule has 25 heavy (non-hydrogen) atoms. The fourth-order valence-electron chi connectivity index (χ4n) is 3.52. The number of carbonyl (C=O) groups excluding carboxylic acids is 1. The molecule has 2 aromatic carbocycles. The molecule has 0 saturated heterocycles. The van der Waals surface area contributed by atoms with Crippen LogP contribution in [0.25, 0.3) is 10.9 Å². The van der Waals surface area contributed by atoms with E-state index in [1.807, 2.05) is 47.4 Å². The Labute approximate surface area is 144 Å². The fraction of sp³-hybridized carbons (Fsp3) is 0.211. The lowest BCUT2D eigenvalue weighted by Gasteiger charge is -2.35. The standard InChI is InChI=1S/C19H18N4O2/c20-18(24)17-13-6-2-1-5-12(13)9-10-23(17)11-16-21-15-8-4-3-7-14(15)19(25)22-16/h1-8,17H,9-11H2,(H2,20,24)(H,21,22,25)/t17-/m0/s1. The van der Waals surface area contributed by atoms with E-state index in [4.69, 9.17) is 5.73 Å². The van der Waals surface area contributed by atoms with Crippen molar-refractivity contribution in [3.8, 4) is 0 Å². The Morgan fingerprint density at radius 1 is 1.20 bits per heavy atom. The second kappa shape index (κ2) is 6.14. The Morgan fingerprint density at radius 3 is 2.80 bits per heavy atom. The summed E-state index contributed by atoms with van der Waals surface area (Å²) in [6.45, 7) is 1.04. The van der Waals surface area contributed by atoms with Gasteiger partial charge < -0.3 is 10.7 Å². The molecule has 1 atom stereocenters. The molecule has 0 aliphatic carbocycles. The molecule has 1 aliphatic heterocycles. The Morgan fingerprint density at radius 2 is 1.96 bits per heavy atom. The van der Waals surface area contributed by atoms with Crippen molar-refractivity contribution in [1.82, 2.24) is 14.9 Å². The number of nitrogens with two attached hydrogens (primary N) is 1. The van der Waals surface area contributed by atoms with Crippen molar-refractivity contribution in [2.75, 3.05) is 6.54 Å². The minimum atomic E-state index is -0.512. The summed E-state index contributed by atoms with van der Waals surface area (Å²) in [5.74, 6) is 0.143. The predicted octanol–water partition coefficient (Wildman–Crippen LogP) is 1.51. The van der Waals surface area contributed by atoms with E-state index in [9.17, 15) is 9.59 Å². The number of nitrogens with one attached hydrogen (secondary N) is 1. The third-order valence-corrected chi connectivity index (χ3v) is 4.67. The number of amides is 1. The van der Waals surface area contributed by atoms with Gasteiger partial charge in [0.25, 0.3) is 5.56 Å². The molecule has 0 spiro atoms. The number of primary amides is 1. The molecule has 1 amide bonds. The zero-order chi connectivity index (χ0) is 17.4. The van der Waals surface area contributed by atoms with Crippen LogP contribution in [0.4, 0.5) is 0 Å². The lowest BCUT2D eigenvalue weighted by atomic mass is 9.92. The number of fused-ring (bicyclic) bond motifs is 2. The lowest BCUT2D eigenvalue weighted by Crippen LogP contribution is -2.42. The molecular formula is C19H18N4O2. The van der Waals surface area contributed by atoms with Crippen LogP contribution in [0, 0.1) is 0 Å².